The quantitative estimate of drug-likeness (QED) is 0.619. The Hall–Kier alpha value is -0.860. The maximum atomic E-state index is 5.71. The van der Waals surface area contributed by atoms with Gasteiger partial charge in [-0.1, -0.05) is 0 Å². The molecule has 2 atom stereocenters. The molecule has 2 unspecified atom stereocenters. The molecular formula is C13H19BrN2O4. The third-order valence-electron chi connectivity index (χ3n) is 3.24. The molecule has 1 aliphatic rings. The monoisotopic (exact) mass is 346 g/mol. The topological polar surface area (TPSA) is 75.0 Å². The van der Waals surface area contributed by atoms with Crippen molar-refractivity contribution in [3.8, 4) is 11.5 Å². The highest BCUT2D eigenvalue weighted by Crippen LogP contribution is 2.40. The van der Waals surface area contributed by atoms with Crippen LogP contribution in [0, 0.1) is 0 Å². The van der Waals surface area contributed by atoms with Crippen LogP contribution in [0.2, 0.25) is 0 Å². The number of hydrogen-bond acceptors (Lipinski definition) is 6. The standard InChI is InChI=1S/C13H19BrN2O4/c1-17-9-4-3-8(13(18-2)11(9)14)12(16-15)10-7-19-5-6-20-10/h3-4,10,12,16H,5-7,15H2,1-2H3. The van der Waals surface area contributed by atoms with E-state index in [1.54, 1.807) is 14.2 Å². The summed E-state index contributed by atoms with van der Waals surface area (Å²) in [6, 6.07) is 3.54. The van der Waals surface area contributed by atoms with Crippen molar-refractivity contribution >= 4 is 15.9 Å². The molecule has 112 valence electrons. The number of halogens is 1. The van der Waals surface area contributed by atoms with Gasteiger partial charge in [-0.2, -0.15) is 0 Å². The Morgan fingerprint density at radius 2 is 2.15 bits per heavy atom. The molecule has 0 spiro atoms. The van der Waals surface area contributed by atoms with Crippen LogP contribution in [0.25, 0.3) is 0 Å². The van der Waals surface area contributed by atoms with Crippen LogP contribution in [-0.2, 0) is 9.47 Å². The van der Waals surface area contributed by atoms with Crippen molar-refractivity contribution in [3.05, 3.63) is 22.2 Å². The zero-order valence-electron chi connectivity index (χ0n) is 11.5. The van der Waals surface area contributed by atoms with Gasteiger partial charge in [-0.3, -0.25) is 11.3 Å². The molecule has 0 bridgehead atoms. The van der Waals surface area contributed by atoms with Gasteiger partial charge >= 0.3 is 0 Å². The molecule has 3 N–H and O–H groups in total. The van der Waals surface area contributed by atoms with Crippen molar-refractivity contribution in [1.29, 1.82) is 0 Å². The zero-order valence-corrected chi connectivity index (χ0v) is 13.1. The molecule has 1 heterocycles. The predicted molar refractivity (Wildman–Crippen MR) is 77.9 cm³/mol. The van der Waals surface area contributed by atoms with E-state index in [2.05, 4.69) is 21.4 Å². The molecule has 0 amide bonds. The Labute approximate surface area is 126 Å². The first-order valence-corrected chi connectivity index (χ1v) is 7.08. The minimum Gasteiger partial charge on any atom is -0.495 e. The van der Waals surface area contributed by atoms with E-state index in [4.69, 9.17) is 24.8 Å². The van der Waals surface area contributed by atoms with E-state index in [0.29, 0.717) is 31.3 Å². The lowest BCUT2D eigenvalue weighted by molar-refractivity contribution is -0.102. The number of hydrogen-bond donors (Lipinski definition) is 2. The zero-order chi connectivity index (χ0) is 14.5. The SMILES string of the molecule is COc1ccc(C(NN)C2COCCO2)c(OC)c1Br. The van der Waals surface area contributed by atoms with Gasteiger partial charge in [0.25, 0.3) is 0 Å². The van der Waals surface area contributed by atoms with E-state index in [1.165, 1.54) is 0 Å². The summed E-state index contributed by atoms with van der Waals surface area (Å²) in [5, 5.41) is 0. The average molecular weight is 347 g/mol. The summed E-state index contributed by atoms with van der Waals surface area (Å²) in [5.74, 6) is 7.06. The largest absolute Gasteiger partial charge is 0.495 e. The van der Waals surface area contributed by atoms with Gasteiger partial charge in [0.15, 0.2) is 0 Å². The van der Waals surface area contributed by atoms with Crippen LogP contribution in [0.15, 0.2) is 16.6 Å². The molecule has 0 saturated carbocycles. The molecule has 20 heavy (non-hydrogen) atoms. The molecule has 2 rings (SSSR count). The van der Waals surface area contributed by atoms with E-state index in [9.17, 15) is 0 Å². The summed E-state index contributed by atoms with van der Waals surface area (Å²) in [6.45, 7) is 1.65. The fourth-order valence-electron chi connectivity index (χ4n) is 2.26. The Kier molecular flexibility index (Phi) is 5.62. The summed E-state index contributed by atoms with van der Waals surface area (Å²) in [7, 11) is 3.21. The van der Waals surface area contributed by atoms with Crippen LogP contribution in [0.1, 0.15) is 11.6 Å². The number of methoxy groups -OCH3 is 2. The van der Waals surface area contributed by atoms with Crippen molar-refractivity contribution in [1.82, 2.24) is 5.43 Å². The molecule has 7 heteroatoms. The predicted octanol–water partition coefficient (Wildman–Crippen LogP) is 1.39. The minimum atomic E-state index is -0.229. The van der Waals surface area contributed by atoms with Crippen LogP contribution in [0.5, 0.6) is 11.5 Å². The van der Waals surface area contributed by atoms with Gasteiger partial charge in [0.05, 0.1) is 40.1 Å². The van der Waals surface area contributed by atoms with Crippen molar-refractivity contribution in [2.24, 2.45) is 5.84 Å². The molecule has 1 saturated heterocycles. The second-order valence-electron chi connectivity index (χ2n) is 4.33. The average Bonchev–Trinajstić information content (AvgIpc) is 2.49. The highest BCUT2D eigenvalue weighted by molar-refractivity contribution is 9.10. The first kappa shape index (κ1) is 15.5. The fraction of sp³-hybridized carbons (Fsp3) is 0.538. The summed E-state index contributed by atoms with van der Waals surface area (Å²) >= 11 is 3.48. The van der Waals surface area contributed by atoms with Gasteiger partial charge in [-0.25, -0.2) is 0 Å². The Bertz CT molecular complexity index is 452. The molecule has 6 nitrogen and oxygen atoms in total. The summed E-state index contributed by atoms with van der Waals surface area (Å²) in [6.07, 6.45) is -0.164. The van der Waals surface area contributed by atoms with Crippen molar-refractivity contribution < 1.29 is 18.9 Å². The van der Waals surface area contributed by atoms with E-state index < -0.39 is 0 Å². The maximum absolute atomic E-state index is 5.71. The van der Waals surface area contributed by atoms with Crippen LogP contribution < -0.4 is 20.7 Å². The molecular weight excluding hydrogens is 328 g/mol. The number of benzene rings is 1. The van der Waals surface area contributed by atoms with Gasteiger partial charge < -0.3 is 18.9 Å². The van der Waals surface area contributed by atoms with Crippen LogP contribution in [-0.4, -0.2) is 40.1 Å². The van der Waals surface area contributed by atoms with E-state index in [-0.39, 0.29) is 12.1 Å². The first-order chi connectivity index (χ1) is 9.72. The highest BCUT2D eigenvalue weighted by atomic mass is 79.9. The van der Waals surface area contributed by atoms with Gasteiger partial charge in [0.2, 0.25) is 0 Å². The maximum Gasteiger partial charge on any atom is 0.141 e. The van der Waals surface area contributed by atoms with Gasteiger partial charge in [-0.15, -0.1) is 0 Å². The van der Waals surface area contributed by atoms with Crippen LogP contribution >= 0.6 is 15.9 Å². The summed E-state index contributed by atoms with van der Waals surface area (Å²) in [4.78, 5) is 0. The fourth-order valence-corrected chi connectivity index (χ4v) is 2.94. The minimum absolute atomic E-state index is 0.164. The third-order valence-corrected chi connectivity index (χ3v) is 4.00. The second-order valence-corrected chi connectivity index (χ2v) is 5.13. The van der Waals surface area contributed by atoms with Gasteiger partial charge in [0, 0.05) is 5.56 Å². The second kappa shape index (κ2) is 7.24. The van der Waals surface area contributed by atoms with E-state index in [1.807, 2.05) is 12.1 Å². The molecule has 0 aromatic heterocycles. The number of rotatable bonds is 5. The Morgan fingerprint density at radius 3 is 2.70 bits per heavy atom. The first-order valence-electron chi connectivity index (χ1n) is 6.28. The molecule has 1 aliphatic heterocycles. The van der Waals surface area contributed by atoms with Crippen molar-refractivity contribution in [2.75, 3.05) is 34.0 Å². The van der Waals surface area contributed by atoms with E-state index in [0.717, 1.165) is 10.0 Å². The normalized spacial score (nSPS) is 20.5. The lowest BCUT2D eigenvalue weighted by atomic mass is 10.0. The Morgan fingerprint density at radius 1 is 1.35 bits per heavy atom. The number of nitrogens with one attached hydrogen (secondary N) is 1. The van der Waals surface area contributed by atoms with Crippen molar-refractivity contribution in [3.63, 3.8) is 0 Å². The van der Waals surface area contributed by atoms with E-state index >= 15 is 0 Å². The van der Waals surface area contributed by atoms with Crippen LogP contribution in [0.3, 0.4) is 0 Å². The summed E-state index contributed by atoms with van der Waals surface area (Å²) in [5.41, 5.74) is 3.67. The lowest BCUT2D eigenvalue weighted by Gasteiger charge is -2.31. The number of nitrogens with two attached hydrogens (primary N) is 1. The van der Waals surface area contributed by atoms with Gasteiger partial charge in [-0.05, 0) is 28.1 Å². The molecule has 1 aromatic carbocycles. The van der Waals surface area contributed by atoms with Gasteiger partial charge in [0.1, 0.15) is 22.1 Å². The third kappa shape index (κ3) is 3.07. The number of ether oxygens (including phenoxy) is 4. The molecule has 1 aromatic rings. The Balaban J connectivity index is 2.35. The number of hydrazine groups is 1. The molecule has 0 radical (unpaired) electrons. The molecule has 0 aliphatic carbocycles. The van der Waals surface area contributed by atoms with Crippen LogP contribution in [0.4, 0.5) is 0 Å². The molecule has 1 fully saturated rings. The highest BCUT2D eigenvalue weighted by Gasteiger charge is 2.29. The van der Waals surface area contributed by atoms with Crippen molar-refractivity contribution in [2.45, 2.75) is 12.1 Å². The lowest BCUT2D eigenvalue weighted by Crippen LogP contribution is -2.43. The smallest absolute Gasteiger partial charge is 0.141 e. The summed E-state index contributed by atoms with van der Waals surface area (Å²) < 4.78 is 22.6.